The predicted octanol–water partition coefficient (Wildman–Crippen LogP) is 5.59. The van der Waals surface area contributed by atoms with Gasteiger partial charge in [-0.05, 0) is 35.9 Å². The van der Waals surface area contributed by atoms with E-state index in [1.54, 1.807) is 6.07 Å². The normalized spacial score (nSPS) is 19.4. The molecule has 0 saturated carbocycles. The molecule has 1 amide bonds. The summed E-state index contributed by atoms with van der Waals surface area (Å²) in [5.41, 5.74) is 4.52. The van der Waals surface area contributed by atoms with Crippen molar-refractivity contribution in [1.29, 1.82) is 0 Å². The molecule has 1 fully saturated rings. The maximum Gasteiger partial charge on any atom is 0.411 e. The van der Waals surface area contributed by atoms with Crippen molar-refractivity contribution in [3.63, 3.8) is 0 Å². The zero-order valence-electron chi connectivity index (χ0n) is 21.1. The highest BCUT2D eigenvalue weighted by molar-refractivity contribution is 5.84. The number of likely N-dealkylation sites (N-methyl/N-ethyl adjacent to an activating group) is 1. The number of rotatable bonds is 10. The van der Waals surface area contributed by atoms with Crippen LogP contribution in [0.3, 0.4) is 0 Å². The summed E-state index contributed by atoms with van der Waals surface area (Å²) in [4.78, 5) is 14.3. The molecule has 3 atom stereocenters. The van der Waals surface area contributed by atoms with Crippen LogP contribution in [0.25, 0.3) is 0 Å². The molecular formula is C30H34N2O5. The third-order valence-electron chi connectivity index (χ3n) is 6.16. The van der Waals surface area contributed by atoms with Gasteiger partial charge in [0, 0.05) is 30.8 Å². The van der Waals surface area contributed by atoms with Crippen molar-refractivity contribution < 1.29 is 24.1 Å². The fraction of sp³-hybridized carbons (Fsp3) is 0.300. The van der Waals surface area contributed by atoms with E-state index in [2.05, 4.69) is 36.0 Å². The number of amides is 1. The number of aliphatic hydroxyl groups excluding tert-OH is 1. The van der Waals surface area contributed by atoms with Crippen molar-refractivity contribution >= 4 is 11.8 Å². The minimum Gasteiger partial charge on any atom is -0.445 e. The van der Waals surface area contributed by atoms with Gasteiger partial charge in [0.05, 0.1) is 18.8 Å². The molecule has 3 aromatic carbocycles. The van der Waals surface area contributed by atoms with Gasteiger partial charge in [-0.1, -0.05) is 79.4 Å². The van der Waals surface area contributed by atoms with Crippen molar-refractivity contribution in [1.82, 2.24) is 4.90 Å². The topological polar surface area (TPSA) is 80.3 Å². The van der Waals surface area contributed by atoms with Crippen LogP contribution in [0, 0.1) is 0 Å². The minimum absolute atomic E-state index is 0.000524. The lowest BCUT2D eigenvalue weighted by atomic mass is 9.99. The number of benzene rings is 3. The van der Waals surface area contributed by atoms with Crippen LogP contribution in [0.2, 0.25) is 0 Å². The van der Waals surface area contributed by atoms with Gasteiger partial charge in [-0.3, -0.25) is 10.2 Å². The Hall–Kier alpha value is -3.49. The molecular weight excluding hydrogens is 468 g/mol. The molecule has 0 aliphatic carbocycles. The summed E-state index contributed by atoms with van der Waals surface area (Å²) >= 11 is 0. The summed E-state index contributed by atoms with van der Waals surface area (Å²) in [6.07, 6.45) is 0.782. The van der Waals surface area contributed by atoms with E-state index in [9.17, 15) is 9.90 Å². The van der Waals surface area contributed by atoms with Crippen molar-refractivity contribution in [2.45, 2.75) is 38.1 Å². The number of carbonyl (C=O) groups is 1. The van der Waals surface area contributed by atoms with Gasteiger partial charge in [-0.2, -0.15) is 0 Å². The summed E-state index contributed by atoms with van der Waals surface area (Å²) in [7, 11) is 2.09. The summed E-state index contributed by atoms with van der Waals surface area (Å²) in [6.45, 7) is 5.23. The molecule has 0 spiro atoms. The molecule has 1 heterocycles. The number of nitrogens with zero attached hydrogens (tertiary/aromatic N) is 1. The van der Waals surface area contributed by atoms with Gasteiger partial charge in [-0.25, -0.2) is 4.79 Å². The van der Waals surface area contributed by atoms with Gasteiger partial charge in [0.15, 0.2) is 6.29 Å². The fourth-order valence-corrected chi connectivity index (χ4v) is 4.39. The molecule has 37 heavy (non-hydrogen) atoms. The first kappa shape index (κ1) is 26.6. The number of hydrogen-bond donors (Lipinski definition) is 2. The summed E-state index contributed by atoms with van der Waals surface area (Å²) in [5, 5.41) is 12.2. The molecule has 2 N–H and O–H groups in total. The molecule has 1 saturated heterocycles. The Bertz CT molecular complexity index is 1150. The lowest BCUT2D eigenvalue weighted by Crippen LogP contribution is -2.37. The Labute approximate surface area is 218 Å². The second-order valence-corrected chi connectivity index (χ2v) is 9.17. The van der Waals surface area contributed by atoms with Crippen LogP contribution >= 0.6 is 0 Å². The van der Waals surface area contributed by atoms with Gasteiger partial charge in [-0.15, -0.1) is 0 Å². The van der Waals surface area contributed by atoms with Gasteiger partial charge >= 0.3 is 6.09 Å². The van der Waals surface area contributed by atoms with Crippen molar-refractivity contribution in [2.75, 3.05) is 25.5 Å². The quantitative estimate of drug-likeness (QED) is 0.352. The van der Waals surface area contributed by atoms with Crippen LogP contribution in [0.5, 0.6) is 0 Å². The molecule has 7 nitrogen and oxygen atoms in total. The average molecular weight is 503 g/mol. The van der Waals surface area contributed by atoms with E-state index in [1.807, 2.05) is 60.7 Å². The van der Waals surface area contributed by atoms with Gasteiger partial charge < -0.3 is 19.3 Å². The van der Waals surface area contributed by atoms with E-state index in [-0.39, 0.29) is 25.4 Å². The first-order chi connectivity index (χ1) is 18.0. The number of carbonyl (C=O) groups excluding carboxylic acids is 1. The summed E-state index contributed by atoms with van der Waals surface area (Å²) < 4.78 is 17.9. The molecule has 1 aliphatic rings. The lowest BCUT2D eigenvalue weighted by molar-refractivity contribution is -0.252. The third-order valence-corrected chi connectivity index (χ3v) is 6.16. The Morgan fingerprint density at radius 3 is 2.57 bits per heavy atom. The van der Waals surface area contributed by atoms with Gasteiger partial charge in [0.2, 0.25) is 0 Å². The van der Waals surface area contributed by atoms with E-state index in [1.165, 1.54) is 11.6 Å². The van der Waals surface area contributed by atoms with Crippen LogP contribution in [-0.4, -0.2) is 42.4 Å². The van der Waals surface area contributed by atoms with E-state index >= 15 is 0 Å². The van der Waals surface area contributed by atoms with Crippen LogP contribution in [-0.2, 0) is 27.4 Å². The molecule has 7 heteroatoms. The van der Waals surface area contributed by atoms with Crippen LogP contribution in [0.4, 0.5) is 10.5 Å². The highest BCUT2D eigenvalue weighted by Crippen LogP contribution is 2.38. The number of anilines is 1. The van der Waals surface area contributed by atoms with Gasteiger partial charge in [0.25, 0.3) is 0 Å². The monoisotopic (exact) mass is 502 g/mol. The molecule has 0 bridgehead atoms. The smallest absolute Gasteiger partial charge is 0.411 e. The zero-order chi connectivity index (χ0) is 26.0. The Morgan fingerprint density at radius 1 is 1.05 bits per heavy atom. The third kappa shape index (κ3) is 7.74. The van der Waals surface area contributed by atoms with Crippen molar-refractivity contribution in [3.05, 3.63) is 114 Å². The molecule has 4 rings (SSSR count). The SMILES string of the molecule is C=CCOC(=O)Nc1cccc([C@H]2O[C@@H](CN(C)Cc3ccccc3)C[C@@H](c3ccc(CO)cc3)O2)c1. The molecule has 194 valence electrons. The van der Waals surface area contributed by atoms with Crippen molar-refractivity contribution in [3.8, 4) is 0 Å². The number of ether oxygens (including phenoxy) is 3. The first-order valence-electron chi connectivity index (χ1n) is 12.4. The minimum atomic E-state index is -0.614. The maximum atomic E-state index is 12.0. The van der Waals surface area contributed by atoms with Crippen molar-refractivity contribution in [2.24, 2.45) is 0 Å². The fourth-order valence-electron chi connectivity index (χ4n) is 4.39. The molecule has 1 aliphatic heterocycles. The first-order valence-corrected chi connectivity index (χ1v) is 12.4. The maximum absolute atomic E-state index is 12.0. The number of nitrogens with one attached hydrogen (secondary N) is 1. The molecule has 0 radical (unpaired) electrons. The average Bonchev–Trinajstić information content (AvgIpc) is 2.92. The van der Waals surface area contributed by atoms with Crippen LogP contribution in [0.1, 0.15) is 41.1 Å². The highest BCUT2D eigenvalue weighted by atomic mass is 16.7. The lowest BCUT2D eigenvalue weighted by Gasteiger charge is -2.38. The zero-order valence-corrected chi connectivity index (χ0v) is 21.1. The summed E-state index contributed by atoms with van der Waals surface area (Å²) in [6, 6.07) is 25.6. The Kier molecular flexibility index (Phi) is 9.46. The summed E-state index contributed by atoms with van der Waals surface area (Å²) in [5.74, 6) is 0. The van der Waals surface area contributed by atoms with Crippen LogP contribution in [0.15, 0.2) is 91.5 Å². The molecule has 0 unspecified atom stereocenters. The largest absolute Gasteiger partial charge is 0.445 e. The second kappa shape index (κ2) is 13.2. The Balaban J connectivity index is 1.51. The van der Waals surface area contributed by atoms with E-state index in [4.69, 9.17) is 14.2 Å². The highest BCUT2D eigenvalue weighted by Gasteiger charge is 2.33. The van der Waals surface area contributed by atoms with E-state index < -0.39 is 12.4 Å². The van der Waals surface area contributed by atoms with E-state index in [0.717, 1.165) is 29.8 Å². The van der Waals surface area contributed by atoms with Gasteiger partial charge in [0.1, 0.15) is 6.61 Å². The number of hydrogen-bond acceptors (Lipinski definition) is 6. The number of aliphatic hydroxyl groups is 1. The molecule has 3 aromatic rings. The molecule has 0 aromatic heterocycles. The van der Waals surface area contributed by atoms with Crippen LogP contribution < -0.4 is 5.32 Å². The second-order valence-electron chi connectivity index (χ2n) is 9.17. The Morgan fingerprint density at radius 2 is 1.84 bits per heavy atom. The predicted molar refractivity (Wildman–Crippen MR) is 143 cm³/mol. The standard InChI is InChI=1S/C30H34N2O5/c1-3-16-35-30(34)31-26-11-7-10-25(17-26)29-36-27(20-32(2)19-22-8-5-4-6-9-22)18-28(37-29)24-14-12-23(21-33)13-15-24/h3-15,17,27-29,33H,1,16,18-21H2,2H3,(H,31,34)/t27-,28+,29+/m1/s1. The van der Waals surface area contributed by atoms with E-state index in [0.29, 0.717) is 12.1 Å².